The predicted molar refractivity (Wildman–Crippen MR) is 112 cm³/mol. The zero-order chi connectivity index (χ0) is 21.6. The number of hydrogen-bond acceptors (Lipinski definition) is 5. The number of anilines is 1. The number of carboxylic acid groups (broad SMARTS) is 1. The molecule has 0 radical (unpaired) electrons. The number of fused-ring (bicyclic) bond motifs is 2. The highest BCUT2D eigenvalue weighted by Crippen LogP contribution is 2.32. The van der Waals surface area contributed by atoms with Gasteiger partial charge in [0.05, 0.1) is 10.6 Å². The minimum Gasteiger partial charge on any atom is -0.478 e. The largest absolute Gasteiger partial charge is 0.478 e. The molecule has 0 saturated carbocycles. The minimum absolute atomic E-state index is 0.0338. The van der Waals surface area contributed by atoms with E-state index in [0.29, 0.717) is 9.89 Å². The summed E-state index contributed by atoms with van der Waals surface area (Å²) in [4.78, 5) is 23.9. The summed E-state index contributed by atoms with van der Waals surface area (Å²) in [5, 5.41) is 11.3. The Kier molecular flexibility index (Phi) is 4.58. The van der Waals surface area contributed by atoms with Crippen LogP contribution in [-0.2, 0) is 14.8 Å². The van der Waals surface area contributed by atoms with E-state index in [4.69, 9.17) is 4.42 Å². The lowest BCUT2D eigenvalue weighted by molar-refractivity contribution is -0.115. The van der Waals surface area contributed by atoms with Gasteiger partial charge in [0.25, 0.3) is 10.0 Å². The minimum atomic E-state index is -4.23. The van der Waals surface area contributed by atoms with Crippen molar-refractivity contribution < 1.29 is 27.5 Å². The van der Waals surface area contributed by atoms with Crippen molar-refractivity contribution in [3.05, 3.63) is 72.0 Å². The van der Waals surface area contributed by atoms with E-state index >= 15 is 0 Å². The molecule has 1 heterocycles. The van der Waals surface area contributed by atoms with Crippen LogP contribution < -0.4 is 4.31 Å². The first kappa shape index (κ1) is 19.7. The van der Waals surface area contributed by atoms with Crippen molar-refractivity contribution in [2.24, 2.45) is 0 Å². The van der Waals surface area contributed by atoms with Gasteiger partial charge in [0.2, 0.25) is 5.91 Å². The second-order valence-corrected chi connectivity index (χ2v) is 8.60. The molecule has 0 unspecified atom stereocenters. The maximum absolute atomic E-state index is 13.3. The Morgan fingerprint density at radius 2 is 1.67 bits per heavy atom. The molecule has 1 N–H and O–H groups in total. The van der Waals surface area contributed by atoms with E-state index in [1.165, 1.54) is 37.3 Å². The average Bonchev–Trinajstić information content (AvgIpc) is 3.02. The summed E-state index contributed by atoms with van der Waals surface area (Å²) in [5.41, 5.74) is 0.255. The van der Waals surface area contributed by atoms with E-state index in [9.17, 15) is 23.1 Å². The summed E-state index contributed by atoms with van der Waals surface area (Å²) in [6.07, 6.45) is 0. The van der Waals surface area contributed by atoms with Gasteiger partial charge in [-0.25, -0.2) is 17.5 Å². The molecule has 0 fully saturated rings. The Morgan fingerprint density at radius 3 is 2.33 bits per heavy atom. The average molecular weight is 423 g/mol. The molecule has 0 atom stereocenters. The summed E-state index contributed by atoms with van der Waals surface area (Å²) in [7, 11) is -4.23. The van der Waals surface area contributed by atoms with Crippen LogP contribution in [0.15, 0.2) is 70.0 Å². The molecule has 0 aliphatic rings. The maximum Gasteiger partial charge on any atom is 0.339 e. The molecule has 8 heteroatoms. The van der Waals surface area contributed by atoms with Crippen molar-refractivity contribution >= 4 is 49.3 Å². The third kappa shape index (κ3) is 3.11. The second kappa shape index (κ2) is 7.00. The third-order valence-corrected chi connectivity index (χ3v) is 6.64. The van der Waals surface area contributed by atoms with Crippen LogP contribution in [-0.4, -0.2) is 25.4 Å². The van der Waals surface area contributed by atoms with Gasteiger partial charge in [-0.15, -0.1) is 0 Å². The fourth-order valence-corrected chi connectivity index (χ4v) is 4.98. The van der Waals surface area contributed by atoms with E-state index < -0.39 is 21.9 Å². The molecular formula is C22H17NO6S. The molecule has 0 aliphatic carbocycles. The van der Waals surface area contributed by atoms with Crippen LogP contribution in [0.1, 0.15) is 23.0 Å². The van der Waals surface area contributed by atoms with Crippen molar-refractivity contribution in [2.75, 3.05) is 4.31 Å². The van der Waals surface area contributed by atoms with Gasteiger partial charge in [-0.3, -0.25) is 4.79 Å². The number of aryl methyl sites for hydroxylation is 1. The van der Waals surface area contributed by atoms with Crippen LogP contribution in [0.5, 0.6) is 0 Å². The van der Waals surface area contributed by atoms with Crippen molar-refractivity contribution in [2.45, 2.75) is 18.7 Å². The third-order valence-electron chi connectivity index (χ3n) is 4.84. The number of nitrogens with zero attached hydrogens (tertiary/aromatic N) is 1. The van der Waals surface area contributed by atoms with Crippen LogP contribution in [0, 0.1) is 6.92 Å². The summed E-state index contributed by atoms with van der Waals surface area (Å²) in [5.74, 6) is -1.73. The topological polar surface area (TPSA) is 105 Å². The monoisotopic (exact) mass is 423 g/mol. The Hall–Kier alpha value is -3.65. The van der Waals surface area contributed by atoms with Crippen LogP contribution in [0.4, 0.5) is 5.69 Å². The summed E-state index contributed by atoms with van der Waals surface area (Å²) < 4.78 is 32.8. The molecule has 7 nitrogen and oxygen atoms in total. The number of amides is 1. The maximum atomic E-state index is 13.3. The number of rotatable bonds is 4. The van der Waals surface area contributed by atoms with Crippen molar-refractivity contribution in [1.29, 1.82) is 0 Å². The van der Waals surface area contributed by atoms with E-state index in [2.05, 4.69) is 0 Å². The first-order valence-corrected chi connectivity index (χ1v) is 10.5. The Labute approximate surface area is 172 Å². The molecule has 1 aromatic heterocycles. The van der Waals surface area contributed by atoms with E-state index in [0.717, 1.165) is 17.7 Å². The number of furan rings is 1. The molecule has 152 valence electrons. The number of carboxylic acids is 1. The smallest absolute Gasteiger partial charge is 0.339 e. The van der Waals surface area contributed by atoms with Gasteiger partial charge in [-0.2, -0.15) is 0 Å². The molecule has 4 aromatic rings. The first-order chi connectivity index (χ1) is 14.2. The van der Waals surface area contributed by atoms with E-state index in [1.807, 2.05) is 12.1 Å². The SMILES string of the molecule is CC(=O)N(c1ccc2oc(C)c(C(=O)O)c2c1)S(=O)(=O)c1ccc2ccccc2c1. The Bertz CT molecular complexity index is 1430. The molecule has 3 aromatic carbocycles. The van der Waals surface area contributed by atoms with Gasteiger partial charge in [-0.05, 0) is 48.0 Å². The zero-order valence-electron chi connectivity index (χ0n) is 16.1. The van der Waals surface area contributed by atoms with Gasteiger partial charge in [0.1, 0.15) is 16.9 Å². The predicted octanol–water partition coefficient (Wildman–Crippen LogP) is 4.33. The normalized spacial score (nSPS) is 11.7. The first-order valence-electron chi connectivity index (χ1n) is 9.01. The summed E-state index contributed by atoms with van der Waals surface area (Å²) in [6, 6.07) is 16.1. The zero-order valence-corrected chi connectivity index (χ0v) is 16.9. The van der Waals surface area contributed by atoms with Crippen LogP contribution in [0.2, 0.25) is 0 Å². The number of hydrogen-bond donors (Lipinski definition) is 1. The van der Waals surface area contributed by atoms with Crippen molar-refractivity contribution in [3.63, 3.8) is 0 Å². The molecular weight excluding hydrogens is 406 g/mol. The van der Waals surface area contributed by atoms with Gasteiger partial charge >= 0.3 is 5.97 Å². The second-order valence-electron chi connectivity index (χ2n) is 6.82. The van der Waals surface area contributed by atoms with Crippen LogP contribution in [0.3, 0.4) is 0 Å². The molecule has 0 saturated heterocycles. The number of aromatic carboxylic acids is 1. The highest BCUT2D eigenvalue weighted by atomic mass is 32.2. The molecule has 0 aliphatic heterocycles. The van der Waals surface area contributed by atoms with E-state index in [1.54, 1.807) is 18.2 Å². The fraction of sp³-hybridized carbons (Fsp3) is 0.0909. The molecule has 0 bridgehead atoms. The van der Waals surface area contributed by atoms with Crippen LogP contribution in [0.25, 0.3) is 21.7 Å². The fourth-order valence-electron chi connectivity index (χ4n) is 3.52. The van der Waals surface area contributed by atoms with Crippen LogP contribution >= 0.6 is 0 Å². The lowest BCUT2D eigenvalue weighted by Gasteiger charge is -2.21. The van der Waals surface area contributed by atoms with E-state index in [-0.39, 0.29) is 27.3 Å². The Morgan fingerprint density at radius 1 is 0.967 bits per heavy atom. The van der Waals surface area contributed by atoms with Gasteiger partial charge in [0, 0.05) is 12.3 Å². The molecule has 1 amide bonds. The summed E-state index contributed by atoms with van der Waals surface area (Å²) >= 11 is 0. The lowest BCUT2D eigenvalue weighted by atomic mass is 10.1. The number of carbonyl (C=O) groups excluding carboxylic acids is 1. The molecule has 0 spiro atoms. The Balaban J connectivity index is 1.90. The standard InChI is InChI=1S/C22H17NO6S/c1-13-21(22(25)26)19-12-17(8-10-20(19)29-13)23(14(2)24)30(27,28)18-9-7-15-5-3-4-6-16(15)11-18/h3-12H,1-2H3,(H,25,26). The number of sulfonamides is 1. The number of carbonyl (C=O) groups is 2. The number of benzene rings is 3. The summed E-state index contributed by atoms with van der Waals surface area (Å²) in [6.45, 7) is 2.65. The highest BCUT2D eigenvalue weighted by Gasteiger charge is 2.30. The molecule has 30 heavy (non-hydrogen) atoms. The van der Waals surface area contributed by atoms with Gasteiger partial charge in [0.15, 0.2) is 0 Å². The van der Waals surface area contributed by atoms with Gasteiger partial charge < -0.3 is 9.52 Å². The highest BCUT2D eigenvalue weighted by molar-refractivity contribution is 7.93. The lowest BCUT2D eigenvalue weighted by Crippen LogP contribution is -2.35. The van der Waals surface area contributed by atoms with Gasteiger partial charge in [-0.1, -0.05) is 30.3 Å². The quantitative estimate of drug-likeness (QED) is 0.524. The van der Waals surface area contributed by atoms with Crippen molar-refractivity contribution in [1.82, 2.24) is 0 Å². The molecule has 4 rings (SSSR count). The van der Waals surface area contributed by atoms with Crippen molar-refractivity contribution in [3.8, 4) is 0 Å².